The molecule has 1 aliphatic rings. The smallest absolute Gasteiger partial charge is 0.196 e. The van der Waals surface area contributed by atoms with Crippen LogP contribution < -0.4 is 11.1 Å². The third-order valence-corrected chi connectivity index (χ3v) is 6.91. The van der Waals surface area contributed by atoms with Crippen LogP contribution >= 0.6 is 11.8 Å². The number of hydrogen-bond donors (Lipinski definition) is 2. The number of nitrogens with zero attached hydrogens (tertiary/aromatic N) is 1. The number of carbonyl (C=O) groups is 2. The van der Waals surface area contributed by atoms with E-state index in [1.807, 2.05) is 11.8 Å². The summed E-state index contributed by atoms with van der Waals surface area (Å²) in [4.78, 5) is 28.4. The lowest BCUT2D eigenvalue weighted by atomic mass is 9.82. The van der Waals surface area contributed by atoms with Crippen molar-refractivity contribution in [3.63, 3.8) is 0 Å². The standard InChI is InChI=1S/C24H31N3O2S/c1-4-16(2)30-15-14-27(3)13-7-12-26-20-11-10-19(25)21-22(20)24(29)18-9-6-5-8-17(18)23(21)28/h5-6,8-11,16,26H,4,7,12-15,25H2,1-3H3. The number of thioether (sulfide) groups is 1. The molecule has 160 valence electrons. The van der Waals surface area contributed by atoms with Crippen molar-refractivity contribution in [2.45, 2.75) is 31.9 Å². The SMILES string of the molecule is CCC(C)SCCN(C)CCCNc1ccc(N)c2c1C(=O)c1ccccc1C2=O. The summed E-state index contributed by atoms with van der Waals surface area (Å²) in [7, 11) is 2.14. The van der Waals surface area contributed by atoms with Crippen LogP contribution in [0.2, 0.25) is 0 Å². The van der Waals surface area contributed by atoms with Gasteiger partial charge in [0.1, 0.15) is 0 Å². The van der Waals surface area contributed by atoms with Crippen LogP contribution in [0.25, 0.3) is 0 Å². The molecule has 6 heteroatoms. The number of benzene rings is 2. The van der Waals surface area contributed by atoms with Crippen LogP contribution in [-0.2, 0) is 0 Å². The Morgan fingerprint density at radius 3 is 2.37 bits per heavy atom. The van der Waals surface area contributed by atoms with Gasteiger partial charge in [0.05, 0.1) is 11.1 Å². The predicted molar refractivity (Wildman–Crippen MR) is 127 cm³/mol. The molecule has 1 atom stereocenters. The molecule has 0 aromatic heterocycles. The fraction of sp³-hybridized carbons (Fsp3) is 0.417. The maximum atomic E-state index is 13.1. The van der Waals surface area contributed by atoms with Crippen molar-refractivity contribution >= 4 is 34.7 Å². The molecule has 0 fully saturated rings. The number of ketones is 2. The van der Waals surface area contributed by atoms with Crippen LogP contribution in [0.1, 0.15) is 58.5 Å². The van der Waals surface area contributed by atoms with E-state index >= 15 is 0 Å². The van der Waals surface area contributed by atoms with Gasteiger partial charge in [-0.2, -0.15) is 11.8 Å². The number of anilines is 2. The molecule has 1 aliphatic carbocycles. The fourth-order valence-corrected chi connectivity index (χ4v) is 4.66. The highest BCUT2D eigenvalue weighted by Gasteiger charge is 2.33. The van der Waals surface area contributed by atoms with Crippen molar-refractivity contribution in [1.82, 2.24) is 4.90 Å². The maximum absolute atomic E-state index is 13.1. The highest BCUT2D eigenvalue weighted by molar-refractivity contribution is 7.99. The van der Waals surface area contributed by atoms with Gasteiger partial charge in [0.15, 0.2) is 11.6 Å². The van der Waals surface area contributed by atoms with Crippen LogP contribution in [0.3, 0.4) is 0 Å². The van der Waals surface area contributed by atoms with Gasteiger partial charge in [-0.1, -0.05) is 38.1 Å². The van der Waals surface area contributed by atoms with Crippen LogP contribution in [0.15, 0.2) is 36.4 Å². The quantitative estimate of drug-likeness (QED) is 0.372. The predicted octanol–water partition coefficient (Wildman–Crippen LogP) is 4.31. The van der Waals surface area contributed by atoms with Gasteiger partial charge >= 0.3 is 0 Å². The molecule has 0 radical (unpaired) electrons. The Morgan fingerprint density at radius 1 is 1.03 bits per heavy atom. The monoisotopic (exact) mass is 425 g/mol. The van der Waals surface area contributed by atoms with Gasteiger partial charge in [0.25, 0.3) is 0 Å². The number of nitrogens with one attached hydrogen (secondary N) is 1. The Hall–Kier alpha value is -2.31. The number of rotatable bonds is 10. The fourth-order valence-electron chi connectivity index (χ4n) is 3.61. The summed E-state index contributed by atoms with van der Waals surface area (Å²) in [6.45, 7) is 7.26. The van der Waals surface area contributed by atoms with Crippen molar-refractivity contribution in [3.8, 4) is 0 Å². The number of hydrogen-bond acceptors (Lipinski definition) is 6. The van der Waals surface area contributed by atoms with Gasteiger partial charge in [0, 0.05) is 46.6 Å². The zero-order valence-electron chi connectivity index (χ0n) is 18.0. The molecule has 3 rings (SSSR count). The number of carbonyl (C=O) groups excluding carboxylic acids is 2. The van der Waals surface area contributed by atoms with E-state index in [9.17, 15) is 9.59 Å². The molecule has 0 amide bonds. The molecular formula is C24H31N3O2S. The first kappa shape index (κ1) is 22.4. The molecular weight excluding hydrogens is 394 g/mol. The lowest BCUT2D eigenvalue weighted by molar-refractivity contribution is 0.0980. The second-order valence-electron chi connectivity index (χ2n) is 7.83. The molecule has 1 unspecified atom stereocenters. The van der Waals surface area contributed by atoms with E-state index in [2.05, 4.69) is 31.1 Å². The van der Waals surface area contributed by atoms with E-state index in [1.165, 1.54) is 6.42 Å². The van der Waals surface area contributed by atoms with Crippen molar-refractivity contribution < 1.29 is 9.59 Å². The van der Waals surface area contributed by atoms with Gasteiger partial charge < -0.3 is 16.0 Å². The zero-order chi connectivity index (χ0) is 21.7. The zero-order valence-corrected chi connectivity index (χ0v) is 18.8. The van der Waals surface area contributed by atoms with E-state index < -0.39 is 0 Å². The van der Waals surface area contributed by atoms with E-state index in [1.54, 1.807) is 36.4 Å². The minimum atomic E-state index is -0.181. The van der Waals surface area contributed by atoms with E-state index in [0.717, 1.165) is 31.8 Å². The van der Waals surface area contributed by atoms with Crippen LogP contribution in [0, 0.1) is 0 Å². The molecule has 0 spiro atoms. The van der Waals surface area contributed by atoms with Gasteiger partial charge in [-0.05, 0) is 38.6 Å². The Balaban J connectivity index is 1.62. The molecule has 0 bridgehead atoms. The average molecular weight is 426 g/mol. The van der Waals surface area contributed by atoms with E-state index in [4.69, 9.17) is 5.73 Å². The second kappa shape index (κ2) is 10.1. The van der Waals surface area contributed by atoms with E-state index in [-0.39, 0.29) is 11.6 Å². The summed E-state index contributed by atoms with van der Waals surface area (Å²) in [6, 6.07) is 10.5. The Morgan fingerprint density at radius 2 is 1.70 bits per heavy atom. The Labute approximate surface area is 183 Å². The molecule has 0 saturated heterocycles. The molecule has 0 aliphatic heterocycles. The van der Waals surface area contributed by atoms with Gasteiger partial charge in [-0.15, -0.1) is 0 Å². The van der Waals surface area contributed by atoms with Crippen molar-refractivity contribution in [2.24, 2.45) is 0 Å². The van der Waals surface area contributed by atoms with Crippen LogP contribution in [-0.4, -0.2) is 54.2 Å². The molecule has 0 heterocycles. The number of nitrogen functional groups attached to an aromatic ring is 1. The molecule has 5 nitrogen and oxygen atoms in total. The molecule has 2 aromatic rings. The first-order valence-electron chi connectivity index (χ1n) is 10.6. The molecule has 3 N–H and O–H groups in total. The summed E-state index contributed by atoms with van der Waals surface area (Å²) in [6.07, 6.45) is 2.15. The molecule has 0 saturated carbocycles. The van der Waals surface area contributed by atoms with Crippen LogP contribution in [0.5, 0.6) is 0 Å². The minimum absolute atomic E-state index is 0.144. The molecule has 2 aromatic carbocycles. The number of fused-ring (bicyclic) bond motifs is 2. The lowest BCUT2D eigenvalue weighted by Gasteiger charge is -2.22. The summed E-state index contributed by atoms with van der Waals surface area (Å²) >= 11 is 2.01. The van der Waals surface area contributed by atoms with Gasteiger partial charge in [0.2, 0.25) is 0 Å². The first-order chi connectivity index (χ1) is 14.4. The third-order valence-electron chi connectivity index (χ3n) is 5.59. The van der Waals surface area contributed by atoms with Crippen LogP contribution in [0.4, 0.5) is 11.4 Å². The maximum Gasteiger partial charge on any atom is 0.196 e. The summed E-state index contributed by atoms with van der Waals surface area (Å²) in [5.41, 5.74) is 8.71. The minimum Gasteiger partial charge on any atom is -0.398 e. The third kappa shape index (κ3) is 4.87. The second-order valence-corrected chi connectivity index (χ2v) is 9.38. The highest BCUT2D eigenvalue weighted by atomic mass is 32.2. The van der Waals surface area contributed by atoms with E-state index in [0.29, 0.717) is 38.9 Å². The molecule has 30 heavy (non-hydrogen) atoms. The summed E-state index contributed by atoms with van der Waals surface area (Å²) in [5.74, 6) is 0.814. The summed E-state index contributed by atoms with van der Waals surface area (Å²) in [5, 5.41) is 4.07. The largest absolute Gasteiger partial charge is 0.398 e. The normalized spacial score (nSPS) is 13.9. The van der Waals surface area contributed by atoms with Crippen molar-refractivity contribution in [3.05, 3.63) is 58.7 Å². The Bertz CT molecular complexity index is 929. The van der Waals surface area contributed by atoms with Gasteiger partial charge in [-0.25, -0.2) is 0 Å². The highest BCUT2D eigenvalue weighted by Crippen LogP contribution is 2.35. The first-order valence-corrected chi connectivity index (χ1v) is 11.6. The van der Waals surface area contributed by atoms with Crippen molar-refractivity contribution in [1.29, 1.82) is 0 Å². The van der Waals surface area contributed by atoms with Crippen molar-refractivity contribution in [2.75, 3.05) is 43.5 Å². The topological polar surface area (TPSA) is 75.4 Å². The Kier molecular flexibility index (Phi) is 7.56. The van der Waals surface area contributed by atoms with Gasteiger partial charge in [-0.3, -0.25) is 9.59 Å². The average Bonchev–Trinajstić information content (AvgIpc) is 2.75. The lowest BCUT2D eigenvalue weighted by Crippen LogP contribution is -2.26. The summed E-state index contributed by atoms with van der Waals surface area (Å²) < 4.78 is 0. The number of nitrogens with two attached hydrogens (primary N) is 1.